The number of aliphatic carboxylic acids is 1. The molecule has 1 fully saturated rings. The molecule has 12 heteroatoms. The number of ether oxygens (including phenoxy) is 1. The summed E-state index contributed by atoms with van der Waals surface area (Å²) in [6.07, 6.45) is 3.21. The van der Waals surface area contributed by atoms with Crippen molar-refractivity contribution in [1.82, 2.24) is 29.9 Å². The van der Waals surface area contributed by atoms with Gasteiger partial charge in [-0.3, -0.25) is 0 Å². The van der Waals surface area contributed by atoms with E-state index < -0.39 is 12.0 Å². The SMILES string of the molecule is COCCNc1nc(-c2cccc(C#N)c2)cc(-c2cn(Cc3cccc(N4CCC[C@@H]4C(=O)O)n3)nn2)n1. The Hall–Kier alpha value is -4.89. The summed E-state index contributed by atoms with van der Waals surface area (Å²) in [5.74, 6) is 0.217. The van der Waals surface area contributed by atoms with Crippen molar-refractivity contribution in [2.24, 2.45) is 0 Å². The molecular formula is C27H27N9O3. The van der Waals surface area contributed by atoms with Crippen molar-refractivity contribution in [3.63, 3.8) is 0 Å². The Bertz CT molecular complexity index is 1510. The smallest absolute Gasteiger partial charge is 0.326 e. The highest BCUT2D eigenvalue weighted by Gasteiger charge is 2.31. The second-order valence-corrected chi connectivity index (χ2v) is 9.05. The van der Waals surface area contributed by atoms with Gasteiger partial charge in [0.2, 0.25) is 5.95 Å². The standard InChI is InChI=1S/C27H27N9O3/c1-39-12-10-29-27-31-21(19-6-2-5-18(13-19)15-28)14-22(32-27)23-17-35(34-33-23)16-20-7-3-9-25(30-20)36-11-4-8-24(36)26(37)38/h2-3,5-7,9,13-14,17,24H,4,8,10-12,16H2,1H3,(H,37,38)(H,29,31,32)/t24-/m1/s1. The Morgan fingerprint density at radius 2 is 2.00 bits per heavy atom. The number of hydrogen-bond donors (Lipinski definition) is 2. The monoisotopic (exact) mass is 525 g/mol. The maximum atomic E-state index is 11.6. The Morgan fingerprint density at radius 3 is 2.82 bits per heavy atom. The maximum Gasteiger partial charge on any atom is 0.326 e. The summed E-state index contributed by atoms with van der Waals surface area (Å²) in [6, 6.07) is 16.2. The van der Waals surface area contributed by atoms with E-state index in [1.807, 2.05) is 41.3 Å². The van der Waals surface area contributed by atoms with E-state index in [0.29, 0.717) is 67.1 Å². The summed E-state index contributed by atoms with van der Waals surface area (Å²) >= 11 is 0. The molecule has 1 aliphatic heterocycles. The van der Waals surface area contributed by atoms with Gasteiger partial charge in [0, 0.05) is 25.8 Å². The molecule has 1 atom stereocenters. The second kappa shape index (κ2) is 11.7. The molecule has 5 rings (SSSR count). The van der Waals surface area contributed by atoms with Crippen molar-refractivity contribution in [1.29, 1.82) is 5.26 Å². The molecule has 4 heterocycles. The second-order valence-electron chi connectivity index (χ2n) is 9.05. The van der Waals surface area contributed by atoms with Gasteiger partial charge in [-0.25, -0.2) is 24.4 Å². The molecule has 0 aliphatic carbocycles. The van der Waals surface area contributed by atoms with Crippen LogP contribution < -0.4 is 10.2 Å². The van der Waals surface area contributed by atoms with Gasteiger partial charge in [0.25, 0.3) is 0 Å². The fourth-order valence-corrected chi connectivity index (χ4v) is 4.49. The summed E-state index contributed by atoms with van der Waals surface area (Å²) in [5.41, 5.74) is 3.80. The summed E-state index contributed by atoms with van der Waals surface area (Å²) in [6.45, 7) is 2.02. The zero-order valence-corrected chi connectivity index (χ0v) is 21.4. The van der Waals surface area contributed by atoms with Gasteiger partial charge in [0.15, 0.2) is 0 Å². The van der Waals surface area contributed by atoms with E-state index in [2.05, 4.69) is 31.7 Å². The largest absolute Gasteiger partial charge is 0.480 e. The lowest BCUT2D eigenvalue weighted by Crippen LogP contribution is -2.36. The van der Waals surface area contributed by atoms with E-state index in [9.17, 15) is 15.2 Å². The fraction of sp³-hybridized carbons (Fsp3) is 0.296. The van der Waals surface area contributed by atoms with Gasteiger partial charge in [0.05, 0.1) is 48.1 Å². The Balaban J connectivity index is 1.40. The molecule has 1 aromatic carbocycles. The molecular weight excluding hydrogens is 498 g/mol. The van der Waals surface area contributed by atoms with Gasteiger partial charge in [-0.05, 0) is 43.2 Å². The summed E-state index contributed by atoms with van der Waals surface area (Å²) in [5, 5.41) is 30.6. The number of nitriles is 1. The van der Waals surface area contributed by atoms with Crippen molar-refractivity contribution >= 4 is 17.7 Å². The summed E-state index contributed by atoms with van der Waals surface area (Å²) in [4.78, 5) is 27.4. The van der Waals surface area contributed by atoms with Gasteiger partial charge in [-0.15, -0.1) is 5.10 Å². The number of carboxylic acid groups (broad SMARTS) is 1. The normalized spacial score (nSPS) is 14.8. The number of benzene rings is 1. The van der Waals surface area contributed by atoms with Crippen molar-refractivity contribution < 1.29 is 14.6 Å². The lowest BCUT2D eigenvalue weighted by atomic mass is 10.1. The number of anilines is 2. The molecule has 0 unspecified atom stereocenters. The minimum atomic E-state index is -0.833. The van der Waals surface area contributed by atoms with E-state index in [-0.39, 0.29) is 0 Å². The number of rotatable bonds is 10. The molecule has 0 saturated carbocycles. The summed E-state index contributed by atoms with van der Waals surface area (Å²) < 4.78 is 6.79. The number of carbonyl (C=O) groups is 1. The number of methoxy groups -OCH3 is 1. The molecule has 39 heavy (non-hydrogen) atoms. The van der Waals surface area contributed by atoms with E-state index in [1.54, 1.807) is 30.1 Å². The number of carboxylic acids is 1. The lowest BCUT2D eigenvalue weighted by molar-refractivity contribution is -0.138. The van der Waals surface area contributed by atoms with Crippen LogP contribution in [0.2, 0.25) is 0 Å². The zero-order chi connectivity index (χ0) is 27.2. The topological polar surface area (TPSA) is 155 Å². The average Bonchev–Trinajstić information content (AvgIpc) is 3.64. The van der Waals surface area contributed by atoms with Crippen LogP contribution >= 0.6 is 0 Å². The van der Waals surface area contributed by atoms with Crippen LogP contribution in [0.3, 0.4) is 0 Å². The van der Waals surface area contributed by atoms with Gasteiger partial charge in [0.1, 0.15) is 17.6 Å². The molecule has 1 saturated heterocycles. The minimum Gasteiger partial charge on any atom is -0.480 e. The molecule has 0 radical (unpaired) electrons. The van der Waals surface area contributed by atoms with E-state index in [4.69, 9.17) is 9.72 Å². The van der Waals surface area contributed by atoms with E-state index in [0.717, 1.165) is 17.7 Å². The first-order chi connectivity index (χ1) is 19.0. The highest BCUT2D eigenvalue weighted by atomic mass is 16.5. The predicted molar refractivity (Wildman–Crippen MR) is 143 cm³/mol. The van der Waals surface area contributed by atoms with Crippen LogP contribution in [0, 0.1) is 11.3 Å². The van der Waals surface area contributed by atoms with Gasteiger partial charge >= 0.3 is 5.97 Å². The first kappa shape index (κ1) is 25.7. The first-order valence-electron chi connectivity index (χ1n) is 12.5. The number of nitrogens with zero attached hydrogens (tertiary/aromatic N) is 8. The van der Waals surface area contributed by atoms with Crippen LogP contribution in [0.4, 0.5) is 11.8 Å². The van der Waals surface area contributed by atoms with Gasteiger partial charge in [-0.2, -0.15) is 5.26 Å². The summed E-state index contributed by atoms with van der Waals surface area (Å²) in [7, 11) is 1.62. The Kier molecular flexibility index (Phi) is 7.70. The third-order valence-corrected chi connectivity index (χ3v) is 6.35. The Morgan fingerprint density at radius 1 is 1.15 bits per heavy atom. The maximum absolute atomic E-state index is 11.6. The highest BCUT2D eigenvalue weighted by molar-refractivity contribution is 5.78. The van der Waals surface area contributed by atoms with Gasteiger partial charge in [-0.1, -0.05) is 23.4 Å². The molecule has 0 spiro atoms. The molecule has 2 N–H and O–H groups in total. The van der Waals surface area contributed by atoms with Crippen molar-refractivity contribution in [2.75, 3.05) is 37.0 Å². The van der Waals surface area contributed by atoms with Crippen LogP contribution in [-0.2, 0) is 16.1 Å². The van der Waals surface area contributed by atoms with E-state index >= 15 is 0 Å². The lowest BCUT2D eigenvalue weighted by Gasteiger charge is -2.22. The number of hydrogen-bond acceptors (Lipinski definition) is 10. The average molecular weight is 526 g/mol. The van der Waals surface area contributed by atoms with Crippen molar-refractivity contribution in [3.8, 4) is 28.7 Å². The molecule has 12 nitrogen and oxygen atoms in total. The van der Waals surface area contributed by atoms with Crippen LogP contribution in [0.1, 0.15) is 24.1 Å². The fourth-order valence-electron chi connectivity index (χ4n) is 4.49. The van der Waals surface area contributed by atoms with Crippen LogP contribution in [-0.4, -0.2) is 73.9 Å². The Labute approximate surface area is 224 Å². The molecule has 4 aromatic rings. The van der Waals surface area contributed by atoms with Crippen molar-refractivity contribution in [2.45, 2.75) is 25.4 Å². The number of nitrogens with one attached hydrogen (secondary N) is 1. The number of pyridine rings is 1. The third-order valence-electron chi connectivity index (χ3n) is 6.35. The quantitative estimate of drug-likeness (QED) is 0.294. The minimum absolute atomic E-state index is 0.355. The predicted octanol–water partition coefficient (Wildman–Crippen LogP) is 2.83. The van der Waals surface area contributed by atoms with E-state index in [1.165, 1.54) is 0 Å². The van der Waals surface area contributed by atoms with Crippen LogP contribution in [0.5, 0.6) is 0 Å². The molecule has 198 valence electrons. The first-order valence-corrected chi connectivity index (χ1v) is 12.5. The van der Waals surface area contributed by atoms with Crippen LogP contribution in [0.15, 0.2) is 54.7 Å². The van der Waals surface area contributed by atoms with Crippen LogP contribution in [0.25, 0.3) is 22.6 Å². The third kappa shape index (κ3) is 6.00. The van der Waals surface area contributed by atoms with Gasteiger partial charge < -0.3 is 20.1 Å². The zero-order valence-electron chi connectivity index (χ0n) is 21.4. The molecule has 3 aromatic heterocycles. The molecule has 0 bridgehead atoms. The van der Waals surface area contributed by atoms with Crippen molar-refractivity contribution in [3.05, 3.63) is 66.0 Å². The number of aromatic nitrogens is 6. The molecule has 1 aliphatic rings. The molecule has 0 amide bonds. The highest BCUT2D eigenvalue weighted by Crippen LogP contribution is 2.26.